The van der Waals surface area contributed by atoms with Gasteiger partial charge in [0.2, 0.25) is 0 Å². The second-order valence-corrected chi connectivity index (χ2v) is 7.34. The van der Waals surface area contributed by atoms with E-state index in [1.54, 1.807) is 39.3 Å². The van der Waals surface area contributed by atoms with Gasteiger partial charge in [-0.25, -0.2) is 0 Å². The predicted molar refractivity (Wildman–Crippen MR) is 128 cm³/mol. The van der Waals surface area contributed by atoms with Crippen LogP contribution < -0.4 is 15.9 Å². The van der Waals surface area contributed by atoms with Crippen molar-refractivity contribution >= 4 is 16.6 Å². The van der Waals surface area contributed by atoms with Crippen molar-refractivity contribution in [2.45, 2.75) is 0 Å². The molecular formula is C27H20N2O3. The summed E-state index contributed by atoms with van der Waals surface area (Å²) in [6.45, 7) is 3.95. The Morgan fingerprint density at radius 3 is 2.19 bits per heavy atom. The van der Waals surface area contributed by atoms with Crippen LogP contribution in [0.4, 0.5) is 0 Å². The molecule has 5 rings (SSSR count). The fourth-order valence-electron chi connectivity index (χ4n) is 4.01. The van der Waals surface area contributed by atoms with Crippen molar-refractivity contribution in [1.82, 2.24) is 8.97 Å². The molecule has 3 aromatic carbocycles. The SMILES string of the molecule is C=CCOc1cc2n(-c3ccccc3)c(=O)c3ccccc3n2c(=O)c1-c1ccccc1. The lowest BCUT2D eigenvalue weighted by Crippen LogP contribution is -2.28. The highest BCUT2D eigenvalue weighted by atomic mass is 16.5. The lowest BCUT2D eigenvalue weighted by atomic mass is 10.1. The van der Waals surface area contributed by atoms with Gasteiger partial charge in [-0.1, -0.05) is 73.3 Å². The van der Waals surface area contributed by atoms with Gasteiger partial charge >= 0.3 is 0 Å². The maximum Gasteiger partial charge on any atom is 0.268 e. The van der Waals surface area contributed by atoms with Crippen molar-refractivity contribution in [3.8, 4) is 22.6 Å². The fraction of sp³-hybridized carbons (Fsp3) is 0.0370. The van der Waals surface area contributed by atoms with Crippen LogP contribution in [0.3, 0.4) is 0 Å². The number of fused-ring (bicyclic) bond motifs is 3. The number of hydrogen-bond acceptors (Lipinski definition) is 3. The second kappa shape index (κ2) is 8.04. The van der Waals surface area contributed by atoms with E-state index in [1.165, 1.54) is 0 Å². The van der Waals surface area contributed by atoms with E-state index in [0.29, 0.717) is 33.6 Å². The number of rotatable bonds is 5. The fourth-order valence-corrected chi connectivity index (χ4v) is 4.01. The molecule has 0 fully saturated rings. The van der Waals surface area contributed by atoms with Crippen molar-refractivity contribution in [1.29, 1.82) is 0 Å². The van der Waals surface area contributed by atoms with Crippen LogP contribution in [0.5, 0.6) is 5.75 Å². The minimum atomic E-state index is -0.256. The molecule has 0 saturated carbocycles. The quantitative estimate of drug-likeness (QED) is 0.302. The molecule has 0 amide bonds. The molecule has 2 aromatic heterocycles. The summed E-state index contributed by atoms with van der Waals surface area (Å²) in [7, 11) is 0. The largest absolute Gasteiger partial charge is 0.489 e. The number of aromatic nitrogens is 2. The highest BCUT2D eigenvalue weighted by molar-refractivity contribution is 5.84. The second-order valence-electron chi connectivity index (χ2n) is 7.34. The Balaban J connectivity index is 2.01. The number of benzene rings is 3. The third kappa shape index (κ3) is 3.11. The van der Waals surface area contributed by atoms with E-state index in [-0.39, 0.29) is 17.7 Å². The first kappa shape index (κ1) is 19.6. The minimum absolute atomic E-state index is 0.201. The maximum absolute atomic E-state index is 14.0. The monoisotopic (exact) mass is 420 g/mol. The topological polar surface area (TPSA) is 52.7 Å². The number of pyridine rings is 1. The van der Waals surface area contributed by atoms with Gasteiger partial charge in [-0.2, -0.15) is 0 Å². The molecule has 0 saturated heterocycles. The van der Waals surface area contributed by atoms with Crippen LogP contribution in [0.2, 0.25) is 0 Å². The molecule has 0 bridgehead atoms. The first-order chi connectivity index (χ1) is 15.7. The molecule has 0 spiro atoms. The average Bonchev–Trinajstić information content (AvgIpc) is 2.84. The van der Waals surface area contributed by atoms with E-state index in [4.69, 9.17) is 4.74 Å². The van der Waals surface area contributed by atoms with Crippen molar-refractivity contribution < 1.29 is 4.74 Å². The van der Waals surface area contributed by atoms with Crippen LogP contribution in [-0.2, 0) is 0 Å². The van der Waals surface area contributed by atoms with Gasteiger partial charge in [-0.3, -0.25) is 18.6 Å². The summed E-state index contributed by atoms with van der Waals surface area (Å²) in [6, 6.07) is 27.6. The van der Waals surface area contributed by atoms with Crippen molar-refractivity contribution in [2.24, 2.45) is 0 Å². The molecule has 5 aromatic rings. The Kier molecular flexibility index (Phi) is 4.92. The molecule has 0 N–H and O–H groups in total. The standard InChI is InChI=1S/C27H20N2O3/c1-2-17-32-23-18-24-28(20-13-7-4-8-14-20)26(30)21-15-9-10-16-22(21)29(24)27(31)25(23)19-11-5-3-6-12-19/h2-16,18H,1,17H2. The van der Waals surface area contributed by atoms with Crippen molar-refractivity contribution in [3.05, 3.63) is 124 Å². The molecule has 0 aliphatic rings. The minimum Gasteiger partial charge on any atom is -0.489 e. The van der Waals surface area contributed by atoms with E-state index in [9.17, 15) is 9.59 Å². The highest BCUT2D eigenvalue weighted by Gasteiger charge is 2.20. The van der Waals surface area contributed by atoms with Gasteiger partial charge < -0.3 is 4.74 Å². The zero-order valence-electron chi connectivity index (χ0n) is 17.3. The molecule has 0 radical (unpaired) electrons. The lowest BCUT2D eigenvalue weighted by Gasteiger charge is -2.18. The third-order valence-electron chi connectivity index (χ3n) is 5.39. The van der Waals surface area contributed by atoms with Gasteiger partial charge in [0.25, 0.3) is 11.1 Å². The smallest absolute Gasteiger partial charge is 0.268 e. The molecule has 0 aliphatic heterocycles. The van der Waals surface area contributed by atoms with E-state index < -0.39 is 0 Å². The molecule has 32 heavy (non-hydrogen) atoms. The number of hydrogen-bond donors (Lipinski definition) is 0. The van der Waals surface area contributed by atoms with Crippen LogP contribution in [0.1, 0.15) is 0 Å². The molecule has 0 atom stereocenters. The Bertz CT molecular complexity index is 1570. The summed E-state index contributed by atoms with van der Waals surface area (Å²) >= 11 is 0. The Labute approximate surface area is 184 Å². The van der Waals surface area contributed by atoms with Crippen LogP contribution in [0, 0.1) is 0 Å². The van der Waals surface area contributed by atoms with E-state index in [2.05, 4.69) is 6.58 Å². The number of para-hydroxylation sites is 2. The van der Waals surface area contributed by atoms with Crippen LogP contribution in [0.25, 0.3) is 33.4 Å². The van der Waals surface area contributed by atoms with E-state index in [0.717, 1.165) is 5.56 Å². The van der Waals surface area contributed by atoms with Crippen molar-refractivity contribution in [3.63, 3.8) is 0 Å². The molecule has 0 unspecified atom stereocenters. The van der Waals surface area contributed by atoms with Gasteiger partial charge in [0.1, 0.15) is 18.0 Å². The number of ether oxygens (including phenoxy) is 1. The Morgan fingerprint density at radius 2 is 1.47 bits per heavy atom. The van der Waals surface area contributed by atoms with Gasteiger partial charge in [0.05, 0.1) is 22.2 Å². The highest BCUT2D eigenvalue weighted by Crippen LogP contribution is 2.29. The summed E-state index contributed by atoms with van der Waals surface area (Å²) in [6.07, 6.45) is 1.63. The molecule has 5 heteroatoms. The average molecular weight is 420 g/mol. The summed E-state index contributed by atoms with van der Waals surface area (Å²) in [5, 5.41) is 0.463. The Hall–Kier alpha value is -4.38. The zero-order valence-corrected chi connectivity index (χ0v) is 17.3. The Morgan fingerprint density at radius 1 is 0.812 bits per heavy atom. The van der Waals surface area contributed by atoms with E-state index >= 15 is 0 Å². The molecule has 5 nitrogen and oxygen atoms in total. The first-order valence-electron chi connectivity index (χ1n) is 10.3. The summed E-state index contributed by atoms with van der Waals surface area (Å²) in [5.41, 5.74) is 2.38. The first-order valence-corrected chi connectivity index (χ1v) is 10.3. The van der Waals surface area contributed by atoms with Crippen LogP contribution >= 0.6 is 0 Å². The number of nitrogens with zero attached hydrogens (tertiary/aromatic N) is 2. The van der Waals surface area contributed by atoms with Crippen LogP contribution in [0.15, 0.2) is 113 Å². The maximum atomic E-state index is 14.0. The normalized spacial score (nSPS) is 11.0. The zero-order chi connectivity index (χ0) is 22.1. The van der Waals surface area contributed by atoms with Gasteiger partial charge in [-0.15, -0.1) is 0 Å². The van der Waals surface area contributed by atoms with Crippen molar-refractivity contribution in [2.75, 3.05) is 6.61 Å². The molecular weight excluding hydrogens is 400 g/mol. The summed E-state index contributed by atoms with van der Waals surface area (Å²) in [5.74, 6) is 0.403. The van der Waals surface area contributed by atoms with Crippen LogP contribution in [-0.4, -0.2) is 15.6 Å². The van der Waals surface area contributed by atoms with Gasteiger partial charge in [0.15, 0.2) is 0 Å². The third-order valence-corrected chi connectivity index (χ3v) is 5.39. The molecule has 2 heterocycles. The summed E-state index contributed by atoms with van der Waals surface area (Å²) in [4.78, 5) is 27.5. The summed E-state index contributed by atoms with van der Waals surface area (Å²) < 4.78 is 9.07. The molecule has 0 aliphatic carbocycles. The predicted octanol–water partition coefficient (Wildman–Crippen LogP) is 4.84. The van der Waals surface area contributed by atoms with E-state index in [1.807, 2.05) is 66.7 Å². The van der Waals surface area contributed by atoms with Gasteiger partial charge in [0, 0.05) is 6.07 Å². The lowest BCUT2D eigenvalue weighted by molar-refractivity contribution is 0.364. The molecule has 156 valence electrons. The van der Waals surface area contributed by atoms with Gasteiger partial charge in [-0.05, 0) is 29.8 Å².